The van der Waals surface area contributed by atoms with Crippen LogP contribution in [0.1, 0.15) is 33.6 Å². The molecule has 1 aliphatic rings. The van der Waals surface area contributed by atoms with Crippen molar-refractivity contribution >= 4 is 36.8 Å². The van der Waals surface area contributed by atoms with Gasteiger partial charge in [-0.15, -0.1) is 0 Å². The molecule has 1 saturated carbocycles. The van der Waals surface area contributed by atoms with Gasteiger partial charge in [0.1, 0.15) is 18.4 Å². The standard InChI is InChI=1S/C27H38ClN5O4Si/c1-27(2,3)37-26(34)30-14-18-12-20(13-18)36-24-22-21(19-8-7-9-29-15-19)16-33(23(22)31-25(28)32-24)17-35-10-11-38(4,5)6/h7-9,15-16,18,20H,10-14,17H2,1-6H3,(H,30,34). The van der Waals surface area contributed by atoms with Crippen LogP contribution in [-0.4, -0.2) is 58.5 Å². The lowest BCUT2D eigenvalue weighted by atomic mass is 9.82. The second-order valence-electron chi connectivity index (χ2n) is 12.1. The first kappa shape index (κ1) is 28.3. The van der Waals surface area contributed by atoms with Crippen LogP contribution in [0, 0.1) is 5.92 Å². The van der Waals surface area contributed by atoms with Gasteiger partial charge in [0, 0.05) is 50.9 Å². The molecule has 0 bridgehead atoms. The minimum Gasteiger partial charge on any atom is -0.474 e. The minimum atomic E-state index is -1.20. The molecule has 3 aromatic rings. The molecule has 0 aliphatic heterocycles. The molecule has 1 fully saturated rings. The first-order valence-corrected chi connectivity index (χ1v) is 17.1. The third-order valence-corrected chi connectivity index (χ3v) is 8.13. The van der Waals surface area contributed by atoms with Gasteiger partial charge in [0.15, 0.2) is 5.65 Å². The first-order valence-electron chi connectivity index (χ1n) is 13.1. The van der Waals surface area contributed by atoms with Crippen LogP contribution in [-0.2, 0) is 16.2 Å². The quantitative estimate of drug-likeness (QED) is 0.181. The number of aromatic nitrogens is 4. The van der Waals surface area contributed by atoms with Crippen LogP contribution < -0.4 is 10.1 Å². The van der Waals surface area contributed by atoms with Crippen LogP contribution in [0.15, 0.2) is 30.7 Å². The van der Waals surface area contributed by atoms with E-state index in [4.69, 9.17) is 25.8 Å². The summed E-state index contributed by atoms with van der Waals surface area (Å²) >= 11 is 6.36. The molecular weight excluding hydrogens is 522 g/mol. The van der Waals surface area contributed by atoms with Gasteiger partial charge in [-0.25, -0.2) is 4.79 Å². The molecule has 206 valence electrons. The number of pyridine rings is 1. The second kappa shape index (κ2) is 11.6. The molecule has 4 rings (SSSR count). The molecule has 3 heterocycles. The normalized spacial score (nSPS) is 17.8. The fraction of sp³-hybridized carbons (Fsp3) is 0.556. The number of nitrogens with one attached hydrogen (secondary N) is 1. The number of amides is 1. The summed E-state index contributed by atoms with van der Waals surface area (Å²) in [5, 5.41) is 3.75. The number of hydrogen-bond donors (Lipinski definition) is 1. The summed E-state index contributed by atoms with van der Waals surface area (Å²) in [6.07, 6.45) is 6.71. The zero-order chi connectivity index (χ0) is 27.5. The van der Waals surface area contributed by atoms with Crippen molar-refractivity contribution in [3.63, 3.8) is 0 Å². The van der Waals surface area contributed by atoms with E-state index >= 15 is 0 Å². The molecule has 1 N–H and O–H groups in total. The van der Waals surface area contributed by atoms with Gasteiger partial charge >= 0.3 is 6.09 Å². The highest BCUT2D eigenvalue weighted by atomic mass is 35.5. The average Bonchev–Trinajstić information content (AvgIpc) is 3.15. The number of carbonyl (C=O) groups excluding carboxylic acids is 1. The highest BCUT2D eigenvalue weighted by molar-refractivity contribution is 6.76. The molecule has 1 amide bonds. The third kappa shape index (κ3) is 7.67. The number of nitrogens with zero attached hydrogens (tertiary/aromatic N) is 4. The molecule has 0 spiro atoms. The largest absolute Gasteiger partial charge is 0.474 e. The molecule has 0 saturated heterocycles. The first-order chi connectivity index (χ1) is 17.9. The van der Waals surface area contributed by atoms with E-state index in [1.54, 1.807) is 6.20 Å². The van der Waals surface area contributed by atoms with Gasteiger partial charge < -0.3 is 24.1 Å². The Hall–Kier alpha value is -2.69. The number of ether oxygens (including phenoxy) is 3. The number of hydrogen-bond acceptors (Lipinski definition) is 7. The van der Waals surface area contributed by atoms with Crippen LogP contribution in [0.25, 0.3) is 22.2 Å². The zero-order valence-electron chi connectivity index (χ0n) is 23.1. The van der Waals surface area contributed by atoms with Crippen LogP contribution in [0.3, 0.4) is 0 Å². The van der Waals surface area contributed by atoms with Crippen LogP contribution in [0.2, 0.25) is 31.0 Å². The lowest BCUT2D eigenvalue weighted by molar-refractivity contribution is 0.0407. The predicted octanol–water partition coefficient (Wildman–Crippen LogP) is 6.14. The van der Waals surface area contributed by atoms with Gasteiger partial charge in [-0.2, -0.15) is 9.97 Å². The van der Waals surface area contributed by atoms with Gasteiger partial charge in [0.25, 0.3) is 0 Å². The number of fused-ring (bicyclic) bond motifs is 1. The maximum absolute atomic E-state index is 12.0. The molecule has 0 aromatic carbocycles. The average molecular weight is 560 g/mol. The van der Waals surface area contributed by atoms with Crippen LogP contribution >= 0.6 is 11.6 Å². The number of alkyl carbamates (subject to hydrolysis) is 1. The van der Waals surface area contributed by atoms with E-state index in [-0.39, 0.29) is 11.4 Å². The molecule has 0 radical (unpaired) electrons. The van der Waals surface area contributed by atoms with Gasteiger partial charge in [-0.3, -0.25) is 4.98 Å². The van der Waals surface area contributed by atoms with Crippen molar-refractivity contribution in [1.29, 1.82) is 0 Å². The van der Waals surface area contributed by atoms with Crippen molar-refractivity contribution in [3.8, 4) is 17.0 Å². The Morgan fingerprint density at radius 1 is 1.24 bits per heavy atom. The third-order valence-electron chi connectivity index (χ3n) is 6.26. The van der Waals surface area contributed by atoms with Crippen LogP contribution in [0.4, 0.5) is 4.79 Å². The maximum Gasteiger partial charge on any atom is 0.407 e. The zero-order valence-corrected chi connectivity index (χ0v) is 24.8. The van der Waals surface area contributed by atoms with E-state index in [2.05, 4.69) is 39.9 Å². The summed E-state index contributed by atoms with van der Waals surface area (Å²) in [6.45, 7) is 14.1. The van der Waals surface area contributed by atoms with Crippen molar-refractivity contribution in [3.05, 3.63) is 36.0 Å². The Morgan fingerprint density at radius 2 is 2.00 bits per heavy atom. The van der Waals surface area contributed by atoms with E-state index < -0.39 is 19.8 Å². The molecule has 11 heteroatoms. The van der Waals surface area contributed by atoms with Gasteiger partial charge in [0.2, 0.25) is 11.2 Å². The lowest BCUT2D eigenvalue weighted by Crippen LogP contribution is -2.42. The summed E-state index contributed by atoms with van der Waals surface area (Å²) in [4.78, 5) is 25.3. The number of halogens is 1. The Balaban J connectivity index is 1.50. The summed E-state index contributed by atoms with van der Waals surface area (Å²) in [6, 6.07) is 4.98. The maximum atomic E-state index is 12.0. The molecular formula is C27H38ClN5O4Si. The molecule has 1 aliphatic carbocycles. The fourth-order valence-corrected chi connectivity index (χ4v) is 5.15. The monoisotopic (exact) mass is 559 g/mol. The highest BCUT2D eigenvalue weighted by Crippen LogP contribution is 2.39. The fourth-order valence-electron chi connectivity index (χ4n) is 4.23. The van der Waals surface area contributed by atoms with Gasteiger partial charge in [-0.1, -0.05) is 25.7 Å². The summed E-state index contributed by atoms with van der Waals surface area (Å²) < 4.78 is 19.7. The Bertz CT molecular complexity index is 1250. The Kier molecular flexibility index (Phi) is 8.64. The molecule has 9 nitrogen and oxygen atoms in total. The second-order valence-corrected chi connectivity index (χ2v) is 18.0. The number of rotatable bonds is 10. The minimum absolute atomic E-state index is 0.0345. The Labute approximate surface area is 230 Å². The van der Waals surface area contributed by atoms with Crippen molar-refractivity contribution in [2.75, 3.05) is 13.2 Å². The lowest BCUT2D eigenvalue weighted by Gasteiger charge is -2.35. The van der Waals surface area contributed by atoms with E-state index in [1.807, 2.05) is 49.9 Å². The van der Waals surface area contributed by atoms with Crippen molar-refractivity contribution in [1.82, 2.24) is 24.8 Å². The predicted molar refractivity (Wildman–Crippen MR) is 151 cm³/mol. The summed E-state index contributed by atoms with van der Waals surface area (Å²) in [5.74, 6) is 0.755. The van der Waals surface area contributed by atoms with Crippen molar-refractivity contribution in [2.45, 2.75) is 77.7 Å². The topological polar surface area (TPSA) is 100 Å². The summed E-state index contributed by atoms with van der Waals surface area (Å²) in [5.41, 5.74) is 1.99. The van der Waals surface area contributed by atoms with Gasteiger partial charge in [-0.05, 0) is 63.2 Å². The molecule has 38 heavy (non-hydrogen) atoms. The SMILES string of the molecule is CC(C)(C)OC(=O)NCC1CC(Oc2nc(Cl)nc3c2c(-c2cccnc2)cn3COCC[Si](C)(C)C)C1. The van der Waals surface area contributed by atoms with Gasteiger partial charge in [0.05, 0.1) is 5.39 Å². The van der Waals surface area contributed by atoms with E-state index in [9.17, 15) is 4.79 Å². The molecule has 3 aromatic heterocycles. The Morgan fingerprint density at radius 3 is 2.66 bits per heavy atom. The smallest absolute Gasteiger partial charge is 0.407 e. The van der Waals surface area contributed by atoms with Crippen molar-refractivity contribution in [2.24, 2.45) is 5.92 Å². The van der Waals surface area contributed by atoms with Crippen molar-refractivity contribution < 1.29 is 19.0 Å². The molecule has 0 atom stereocenters. The van der Waals surface area contributed by atoms with E-state index in [0.717, 1.165) is 35.4 Å². The van der Waals surface area contributed by atoms with Crippen LogP contribution in [0.5, 0.6) is 5.88 Å². The number of carbonyl (C=O) groups is 1. The highest BCUT2D eigenvalue weighted by Gasteiger charge is 2.33. The van der Waals surface area contributed by atoms with E-state index in [1.165, 1.54) is 0 Å². The van der Waals surface area contributed by atoms with E-state index in [0.29, 0.717) is 37.3 Å². The summed E-state index contributed by atoms with van der Waals surface area (Å²) in [7, 11) is -1.20. The molecule has 0 unspecified atom stereocenters.